The van der Waals surface area contributed by atoms with Gasteiger partial charge in [0.1, 0.15) is 0 Å². The Bertz CT molecular complexity index is 282. The molecule has 0 aromatic rings. The SMILES string of the molecule is CN1CCN(C(=O)C2NCCCC2(C)C)CC1. The summed E-state index contributed by atoms with van der Waals surface area (Å²) in [5, 5.41) is 3.41. The van der Waals surface area contributed by atoms with Crippen LogP contribution in [0.4, 0.5) is 0 Å². The number of hydrogen-bond acceptors (Lipinski definition) is 3. The van der Waals surface area contributed by atoms with Gasteiger partial charge in [-0.3, -0.25) is 4.79 Å². The fourth-order valence-electron chi connectivity index (χ4n) is 2.84. The molecule has 2 heterocycles. The largest absolute Gasteiger partial charge is 0.339 e. The summed E-state index contributed by atoms with van der Waals surface area (Å²) in [6.45, 7) is 9.15. The Morgan fingerprint density at radius 2 is 1.88 bits per heavy atom. The third-order valence-electron chi connectivity index (χ3n) is 4.19. The normalized spacial score (nSPS) is 30.3. The molecular formula is C13H25N3O. The molecule has 4 heteroatoms. The van der Waals surface area contributed by atoms with Crippen molar-refractivity contribution < 1.29 is 4.79 Å². The minimum atomic E-state index is 0.0136. The first kappa shape index (κ1) is 12.8. The van der Waals surface area contributed by atoms with E-state index in [2.05, 4.69) is 31.1 Å². The van der Waals surface area contributed by atoms with E-state index >= 15 is 0 Å². The van der Waals surface area contributed by atoms with Crippen LogP contribution >= 0.6 is 0 Å². The molecule has 0 aromatic carbocycles. The number of nitrogens with one attached hydrogen (secondary N) is 1. The second-order valence-corrected chi connectivity index (χ2v) is 6.11. The van der Waals surface area contributed by atoms with E-state index in [1.807, 2.05) is 4.90 Å². The van der Waals surface area contributed by atoms with E-state index in [0.717, 1.165) is 39.1 Å². The van der Waals surface area contributed by atoms with Crippen LogP contribution in [-0.4, -0.2) is 61.5 Å². The maximum absolute atomic E-state index is 12.5. The van der Waals surface area contributed by atoms with Gasteiger partial charge in [0.15, 0.2) is 0 Å². The highest BCUT2D eigenvalue weighted by atomic mass is 16.2. The minimum Gasteiger partial charge on any atom is -0.339 e. The van der Waals surface area contributed by atoms with E-state index in [9.17, 15) is 4.79 Å². The lowest BCUT2D eigenvalue weighted by Gasteiger charge is -2.42. The summed E-state index contributed by atoms with van der Waals surface area (Å²) in [5.41, 5.74) is 0.0959. The van der Waals surface area contributed by atoms with Crippen molar-refractivity contribution in [3.05, 3.63) is 0 Å². The number of nitrogens with zero attached hydrogens (tertiary/aromatic N) is 2. The number of carbonyl (C=O) groups is 1. The molecule has 2 aliphatic rings. The van der Waals surface area contributed by atoms with Gasteiger partial charge in [-0.25, -0.2) is 0 Å². The van der Waals surface area contributed by atoms with E-state index in [1.165, 1.54) is 6.42 Å². The van der Waals surface area contributed by atoms with Crippen molar-refractivity contribution in [3.63, 3.8) is 0 Å². The third kappa shape index (κ3) is 2.80. The van der Waals surface area contributed by atoms with Crippen LogP contribution in [0, 0.1) is 5.41 Å². The van der Waals surface area contributed by atoms with Crippen molar-refractivity contribution in [2.24, 2.45) is 5.41 Å². The highest BCUT2D eigenvalue weighted by Crippen LogP contribution is 2.31. The Balaban J connectivity index is 1.99. The van der Waals surface area contributed by atoms with Crippen molar-refractivity contribution in [1.29, 1.82) is 0 Å². The number of hydrogen-bond donors (Lipinski definition) is 1. The molecule has 2 fully saturated rings. The highest BCUT2D eigenvalue weighted by Gasteiger charge is 2.39. The second-order valence-electron chi connectivity index (χ2n) is 6.11. The highest BCUT2D eigenvalue weighted by molar-refractivity contribution is 5.83. The molecular weight excluding hydrogens is 214 g/mol. The van der Waals surface area contributed by atoms with Crippen LogP contribution in [0.3, 0.4) is 0 Å². The maximum atomic E-state index is 12.5. The molecule has 4 nitrogen and oxygen atoms in total. The van der Waals surface area contributed by atoms with Crippen LogP contribution < -0.4 is 5.32 Å². The van der Waals surface area contributed by atoms with Crippen LogP contribution in [-0.2, 0) is 4.79 Å². The molecule has 0 spiro atoms. The molecule has 0 bridgehead atoms. The molecule has 2 saturated heterocycles. The van der Waals surface area contributed by atoms with E-state index in [4.69, 9.17) is 0 Å². The summed E-state index contributed by atoms with van der Waals surface area (Å²) < 4.78 is 0. The Morgan fingerprint density at radius 3 is 2.47 bits per heavy atom. The van der Waals surface area contributed by atoms with Crippen LogP contribution in [0.15, 0.2) is 0 Å². The van der Waals surface area contributed by atoms with E-state index in [0.29, 0.717) is 5.91 Å². The first-order valence-corrected chi connectivity index (χ1v) is 6.71. The smallest absolute Gasteiger partial charge is 0.240 e. The molecule has 1 amide bonds. The predicted octanol–water partition coefficient (Wildman–Crippen LogP) is 0.539. The summed E-state index contributed by atoms with van der Waals surface area (Å²) in [6.07, 6.45) is 2.32. The van der Waals surface area contributed by atoms with Gasteiger partial charge in [-0.15, -0.1) is 0 Å². The monoisotopic (exact) mass is 239 g/mol. The van der Waals surface area contributed by atoms with Gasteiger partial charge in [0.2, 0.25) is 5.91 Å². The van der Waals surface area contributed by atoms with Crippen LogP contribution in [0.5, 0.6) is 0 Å². The fourth-order valence-corrected chi connectivity index (χ4v) is 2.84. The van der Waals surface area contributed by atoms with E-state index < -0.39 is 0 Å². The van der Waals surface area contributed by atoms with Crippen molar-refractivity contribution in [1.82, 2.24) is 15.1 Å². The van der Waals surface area contributed by atoms with Gasteiger partial charge in [0.05, 0.1) is 6.04 Å². The minimum absolute atomic E-state index is 0.0136. The van der Waals surface area contributed by atoms with Gasteiger partial charge >= 0.3 is 0 Å². The summed E-state index contributed by atoms with van der Waals surface area (Å²) >= 11 is 0. The van der Waals surface area contributed by atoms with Crippen LogP contribution in [0.25, 0.3) is 0 Å². The summed E-state index contributed by atoms with van der Waals surface area (Å²) in [5.74, 6) is 0.308. The third-order valence-corrected chi connectivity index (χ3v) is 4.19. The lowest BCUT2D eigenvalue weighted by Crippen LogP contribution is -2.59. The number of carbonyl (C=O) groups excluding carboxylic acids is 1. The fraction of sp³-hybridized carbons (Fsp3) is 0.923. The number of amides is 1. The van der Waals surface area contributed by atoms with Gasteiger partial charge in [-0.2, -0.15) is 0 Å². The first-order chi connectivity index (χ1) is 8.00. The molecule has 0 saturated carbocycles. The van der Waals surface area contributed by atoms with Gasteiger partial charge in [-0.05, 0) is 31.8 Å². The van der Waals surface area contributed by atoms with Gasteiger partial charge in [0, 0.05) is 26.2 Å². The molecule has 17 heavy (non-hydrogen) atoms. The molecule has 0 aromatic heterocycles. The number of piperazine rings is 1. The molecule has 1 N–H and O–H groups in total. The molecule has 98 valence electrons. The molecule has 2 rings (SSSR count). The Labute approximate surface area is 104 Å². The van der Waals surface area contributed by atoms with Crippen LogP contribution in [0.1, 0.15) is 26.7 Å². The predicted molar refractivity (Wildman–Crippen MR) is 68.9 cm³/mol. The summed E-state index contributed by atoms with van der Waals surface area (Å²) in [7, 11) is 2.12. The maximum Gasteiger partial charge on any atom is 0.240 e. The van der Waals surface area contributed by atoms with Gasteiger partial charge in [-0.1, -0.05) is 13.8 Å². The van der Waals surface area contributed by atoms with Crippen molar-refractivity contribution in [2.75, 3.05) is 39.8 Å². The van der Waals surface area contributed by atoms with Gasteiger partial charge in [0.25, 0.3) is 0 Å². The zero-order valence-electron chi connectivity index (χ0n) is 11.3. The molecule has 1 unspecified atom stereocenters. The molecule has 0 radical (unpaired) electrons. The quantitative estimate of drug-likeness (QED) is 0.725. The molecule has 2 aliphatic heterocycles. The average Bonchev–Trinajstić information content (AvgIpc) is 2.28. The Hall–Kier alpha value is -0.610. The number of rotatable bonds is 1. The summed E-state index contributed by atoms with van der Waals surface area (Å²) in [4.78, 5) is 16.8. The Morgan fingerprint density at radius 1 is 1.24 bits per heavy atom. The average molecular weight is 239 g/mol. The second kappa shape index (κ2) is 4.94. The number of likely N-dealkylation sites (N-methyl/N-ethyl adjacent to an activating group) is 1. The molecule has 1 atom stereocenters. The lowest BCUT2D eigenvalue weighted by molar-refractivity contribution is -0.139. The van der Waals surface area contributed by atoms with Gasteiger partial charge < -0.3 is 15.1 Å². The Kier molecular flexibility index (Phi) is 3.73. The zero-order chi connectivity index (χ0) is 12.5. The van der Waals surface area contributed by atoms with Crippen LogP contribution in [0.2, 0.25) is 0 Å². The van der Waals surface area contributed by atoms with E-state index in [-0.39, 0.29) is 11.5 Å². The zero-order valence-corrected chi connectivity index (χ0v) is 11.3. The van der Waals surface area contributed by atoms with Crippen molar-refractivity contribution >= 4 is 5.91 Å². The topological polar surface area (TPSA) is 35.6 Å². The molecule has 0 aliphatic carbocycles. The lowest BCUT2D eigenvalue weighted by atomic mass is 9.77. The van der Waals surface area contributed by atoms with Crippen molar-refractivity contribution in [3.8, 4) is 0 Å². The number of piperidine rings is 1. The van der Waals surface area contributed by atoms with E-state index in [1.54, 1.807) is 0 Å². The standard InChI is InChI=1S/C13H25N3O/c1-13(2)5-4-6-14-11(13)12(17)16-9-7-15(3)8-10-16/h11,14H,4-10H2,1-3H3. The first-order valence-electron chi connectivity index (χ1n) is 6.71. The summed E-state index contributed by atoms with van der Waals surface area (Å²) in [6, 6.07) is 0.0136. The van der Waals surface area contributed by atoms with Crippen molar-refractivity contribution in [2.45, 2.75) is 32.7 Å².